The van der Waals surface area contributed by atoms with Crippen molar-refractivity contribution in [2.45, 2.75) is 0 Å². The minimum Gasteiger partial charge on any atom is -0.468 e. The van der Waals surface area contributed by atoms with Crippen molar-refractivity contribution in [1.29, 1.82) is 0 Å². The monoisotopic (exact) mass is 367 g/mol. The Morgan fingerprint density at radius 3 is 2.56 bits per heavy atom. The number of hydrogen-bond acceptors (Lipinski definition) is 6. The Morgan fingerprint density at radius 2 is 1.74 bits per heavy atom. The first-order chi connectivity index (χ1) is 13.2. The number of methoxy groups -OCH3 is 1. The molecule has 5 rings (SSSR count). The molecule has 0 saturated carbocycles. The maximum absolute atomic E-state index is 13.4. The second-order valence-electron chi connectivity index (χ2n) is 6.48. The SMILES string of the molecule is COc1nc2nc(N3CCN(c4nc5ccc(F)cc5[nH]4)CC3)ccc2[nH]1. The molecule has 3 aromatic heterocycles. The summed E-state index contributed by atoms with van der Waals surface area (Å²) < 4.78 is 18.5. The summed E-state index contributed by atoms with van der Waals surface area (Å²) >= 11 is 0. The van der Waals surface area contributed by atoms with E-state index in [1.807, 2.05) is 12.1 Å². The zero-order chi connectivity index (χ0) is 18.4. The minimum absolute atomic E-state index is 0.265. The molecule has 2 N–H and O–H groups in total. The Bertz CT molecular complexity index is 1110. The highest BCUT2D eigenvalue weighted by atomic mass is 19.1. The Morgan fingerprint density at radius 1 is 0.926 bits per heavy atom. The smallest absolute Gasteiger partial charge is 0.295 e. The zero-order valence-electron chi connectivity index (χ0n) is 14.7. The summed E-state index contributed by atoms with van der Waals surface area (Å²) in [6, 6.07) is 9.00. The van der Waals surface area contributed by atoms with E-state index in [0.29, 0.717) is 17.2 Å². The number of aromatic nitrogens is 5. The van der Waals surface area contributed by atoms with Crippen LogP contribution in [-0.4, -0.2) is 58.2 Å². The van der Waals surface area contributed by atoms with Gasteiger partial charge in [0.1, 0.15) is 11.6 Å². The number of imidazole rings is 2. The predicted octanol–water partition coefficient (Wildman–Crippen LogP) is 2.31. The molecule has 9 heteroatoms. The van der Waals surface area contributed by atoms with E-state index in [9.17, 15) is 4.39 Å². The van der Waals surface area contributed by atoms with Crippen LogP contribution in [-0.2, 0) is 0 Å². The van der Waals surface area contributed by atoms with E-state index < -0.39 is 0 Å². The van der Waals surface area contributed by atoms with Crippen molar-refractivity contribution in [3.63, 3.8) is 0 Å². The quantitative estimate of drug-likeness (QED) is 0.578. The Labute approximate surface area is 154 Å². The van der Waals surface area contributed by atoms with Gasteiger partial charge in [-0.15, -0.1) is 0 Å². The van der Waals surface area contributed by atoms with Crippen LogP contribution in [0.3, 0.4) is 0 Å². The maximum Gasteiger partial charge on any atom is 0.295 e. The molecular weight excluding hydrogens is 349 g/mol. The first-order valence-electron chi connectivity index (χ1n) is 8.75. The number of halogens is 1. The summed E-state index contributed by atoms with van der Waals surface area (Å²) in [6.07, 6.45) is 0. The molecule has 8 nitrogen and oxygen atoms in total. The third-order valence-electron chi connectivity index (χ3n) is 4.84. The first kappa shape index (κ1) is 15.9. The Hall–Kier alpha value is -3.36. The van der Waals surface area contributed by atoms with E-state index in [0.717, 1.165) is 49.0 Å². The molecule has 0 amide bonds. The predicted molar refractivity (Wildman–Crippen MR) is 101 cm³/mol. The van der Waals surface area contributed by atoms with E-state index in [1.54, 1.807) is 13.2 Å². The summed E-state index contributed by atoms with van der Waals surface area (Å²) in [6.45, 7) is 3.22. The molecule has 4 heterocycles. The lowest BCUT2D eigenvalue weighted by molar-refractivity contribution is 0.386. The van der Waals surface area contributed by atoms with Gasteiger partial charge in [0.15, 0.2) is 5.65 Å². The lowest BCUT2D eigenvalue weighted by atomic mass is 10.3. The highest BCUT2D eigenvalue weighted by Crippen LogP contribution is 2.23. The van der Waals surface area contributed by atoms with Crippen LogP contribution in [0.15, 0.2) is 30.3 Å². The van der Waals surface area contributed by atoms with Crippen LogP contribution < -0.4 is 14.5 Å². The molecule has 0 radical (unpaired) electrons. The van der Waals surface area contributed by atoms with Crippen LogP contribution in [0.25, 0.3) is 22.2 Å². The second kappa shape index (κ2) is 6.11. The van der Waals surface area contributed by atoms with Gasteiger partial charge in [0.25, 0.3) is 6.01 Å². The summed E-state index contributed by atoms with van der Waals surface area (Å²) in [7, 11) is 1.57. The number of benzene rings is 1. The molecule has 0 spiro atoms. The molecule has 1 aliphatic heterocycles. The number of anilines is 2. The lowest BCUT2D eigenvalue weighted by Crippen LogP contribution is -2.47. The van der Waals surface area contributed by atoms with Gasteiger partial charge < -0.3 is 24.5 Å². The number of H-pyrrole nitrogens is 2. The number of aromatic amines is 2. The summed E-state index contributed by atoms with van der Waals surface area (Å²) in [5.41, 5.74) is 2.98. The topological polar surface area (TPSA) is 86.0 Å². The summed E-state index contributed by atoms with van der Waals surface area (Å²) in [4.78, 5) is 24.2. The normalized spacial score (nSPS) is 15.0. The van der Waals surface area contributed by atoms with E-state index in [4.69, 9.17) is 4.74 Å². The second-order valence-corrected chi connectivity index (χ2v) is 6.48. The highest BCUT2D eigenvalue weighted by Gasteiger charge is 2.21. The highest BCUT2D eigenvalue weighted by molar-refractivity contribution is 5.78. The molecule has 0 aliphatic carbocycles. The fourth-order valence-corrected chi connectivity index (χ4v) is 3.40. The molecule has 4 aromatic rings. The lowest BCUT2D eigenvalue weighted by Gasteiger charge is -2.35. The van der Waals surface area contributed by atoms with Gasteiger partial charge in [-0.3, -0.25) is 0 Å². The molecule has 27 heavy (non-hydrogen) atoms. The molecule has 0 unspecified atom stereocenters. The van der Waals surface area contributed by atoms with Crippen molar-refractivity contribution >= 4 is 34.0 Å². The standard InChI is InChI=1S/C18H18FN7O/c1-27-18-22-13-4-5-15(23-16(13)24-18)25-6-8-26(9-7-25)17-20-12-3-2-11(19)10-14(12)21-17/h2-5,10H,6-9H2,1H3,(H,20,21)(H,22,23,24). The number of nitrogens with one attached hydrogen (secondary N) is 2. The van der Waals surface area contributed by atoms with Gasteiger partial charge in [0.2, 0.25) is 5.95 Å². The molecule has 0 bridgehead atoms. The third kappa shape index (κ3) is 2.80. The van der Waals surface area contributed by atoms with E-state index >= 15 is 0 Å². The number of fused-ring (bicyclic) bond motifs is 2. The molecule has 1 fully saturated rings. The average Bonchev–Trinajstić information content (AvgIpc) is 3.30. The number of pyridine rings is 1. The van der Waals surface area contributed by atoms with Crippen molar-refractivity contribution in [3.05, 3.63) is 36.1 Å². The molecule has 1 saturated heterocycles. The van der Waals surface area contributed by atoms with Crippen molar-refractivity contribution in [1.82, 2.24) is 24.9 Å². The van der Waals surface area contributed by atoms with Crippen LogP contribution >= 0.6 is 0 Å². The number of hydrogen-bond donors (Lipinski definition) is 2. The largest absolute Gasteiger partial charge is 0.468 e. The van der Waals surface area contributed by atoms with Crippen LogP contribution in [0.2, 0.25) is 0 Å². The molecule has 1 aliphatic rings. The van der Waals surface area contributed by atoms with Crippen molar-refractivity contribution in [2.24, 2.45) is 0 Å². The number of ether oxygens (including phenoxy) is 1. The third-order valence-corrected chi connectivity index (χ3v) is 4.84. The Balaban J connectivity index is 1.33. The summed E-state index contributed by atoms with van der Waals surface area (Å²) in [5, 5.41) is 0. The maximum atomic E-state index is 13.4. The van der Waals surface area contributed by atoms with Gasteiger partial charge in [0.05, 0.1) is 23.7 Å². The van der Waals surface area contributed by atoms with Crippen molar-refractivity contribution in [2.75, 3.05) is 43.1 Å². The van der Waals surface area contributed by atoms with Crippen LogP contribution in [0.4, 0.5) is 16.2 Å². The van der Waals surface area contributed by atoms with Gasteiger partial charge in [-0.25, -0.2) is 14.4 Å². The van der Waals surface area contributed by atoms with Crippen molar-refractivity contribution in [3.8, 4) is 6.01 Å². The fourth-order valence-electron chi connectivity index (χ4n) is 3.40. The molecule has 0 atom stereocenters. The number of nitrogens with zero attached hydrogens (tertiary/aromatic N) is 5. The van der Waals surface area contributed by atoms with Crippen LogP contribution in [0, 0.1) is 5.82 Å². The average molecular weight is 367 g/mol. The number of rotatable bonds is 3. The fraction of sp³-hybridized carbons (Fsp3) is 0.278. The number of piperazine rings is 1. The van der Waals surface area contributed by atoms with Gasteiger partial charge in [-0.2, -0.15) is 4.98 Å². The van der Waals surface area contributed by atoms with Crippen molar-refractivity contribution < 1.29 is 9.13 Å². The minimum atomic E-state index is -0.265. The van der Waals surface area contributed by atoms with Gasteiger partial charge in [-0.1, -0.05) is 0 Å². The van der Waals surface area contributed by atoms with Gasteiger partial charge in [0, 0.05) is 26.2 Å². The van der Waals surface area contributed by atoms with Crippen LogP contribution in [0.5, 0.6) is 6.01 Å². The first-order valence-corrected chi connectivity index (χ1v) is 8.75. The van der Waals surface area contributed by atoms with Crippen LogP contribution in [0.1, 0.15) is 0 Å². The molecule has 138 valence electrons. The van der Waals surface area contributed by atoms with E-state index in [1.165, 1.54) is 12.1 Å². The van der Waals surface area contributed by atoms with Gasteiger partial charge >= 0.3 is 0 Å². The molecule has 1 aromatic carbocycles. The van der Waals surface area contributed by atoms with Gasteiger partial charge in [-0.05, 0) is 30.3 Å². The summed E-state index contributed by atoms with van der Waals surface area (Å²) in [5.74, 6) is 1.40. The molecular formula is C18H18FN7O. The van der Waals surface area contributed by atoms with E-state index in [2.05, 4.69) is 34.7 Å². The van der Waals surface area contributed by atoms with E-state index in [-0.39, 0.29) is 5.82 Å². The zero-order valence-corrected chi connectivity index (χ0v) is 14.7. The Kier molecular flexibility index (Phi) is 3.59.